The molecule has 32 heavy (non-hydrogen) atoms. The van der Waals surface area contributed by atoms with Crippen molar-refractivity contribution in [1.29, 1.82) is 0 Å². The Morgan fingerprint density at radius 3 is 2.69 bits per heavy atom. The van der Waals surface area contributed by atoms with Gasteiger partial charge in [-0.05, 0) is 38.1 Å². The molecule has 0 saturated heterocycles. The third kappa shape index (κ3) is 3.19. The van der Waals surface area contributed by atoms with Gasteiger partial charge in [0.05, 0.1) is 35.1 Å². The Hall–Kier alpha value is -3.81. The second-order valence-electron chi connectivity index (χ2n) is 8.03. The largest absolute Gasteiger partial charge is 0.465 e. The number of carbonyl (C=O) groups is 2. The summed E-state index contributed by atoms with van der Waals surface area (Å²) in [7, 11) is 1.34. The molecular formula is C24H21FN4O3. The minimum atomic E-state index is -0.522. The molecule has 0 aliphatic carbocycles. The van der Waals surface area contributed by atoms with Crippen molar-refractivity contribution < 1.29 is 18.7 Å². The Balaban J connectivity index is 1.55. The number of amides is 1. The lowest BCUT2D eigenvalue weighted by atomic mass is 10.0. The number of fused-ring (bicyclic) bond motifs is 4. The van der Waals surface area contributed by atoms with Gasteiger partial charge in [-0.1, -0.05) is 0 Å². The van der Waals surface area contributed by atoms with E-state index in [4.69, 9.17) is 4.74 Å². The highest BCUT2D eigenvalue weighted by Gasteiger charge is 2.27. The zero-order chi connectivity index (χ0) is 22.6. The molecule has 1 aliphatic rings. The van der Waals surface area contributed by atoms with Gasteiger partial charge in [-0.25, -0.2) is 19.2 Å². The van der Waals surface area contributed by atoms with Gasteiger partial charge in [0.15, 0.2) is 0 Å². The molecule has 8 heteroatoms. The van der Waals surface area contributed by atoms with Gasteiger partial charge in [0.2, 0.25) is 0 Å². The van der Waals surface area contributed by atoms with E-state index in [9.17, 15) is 14.0 Å². The van der Waals surface area contributed by atoms with Crippen LogP contribution in [0.25, 0.3) is 21.9 Å². The summed E-state index contributed by atoms with van der Waals surface area (Å²) in [6, 6.07) is 7.86. The topological polar surface area (TPSA) is 88.2 Å². The third-order valence-corrected chi connectivity index (χ3v) is 6.06. The number of hydrogen-bond acceptors (Lipinski definition) is 5. The highest BCUT2D eigenvalue weighted by atomic mass is 19.1. The summed E-state index contributed by atoms with van der Waals surface area (Å²) in [6.45, 7) is 4.45. The molecule has 2 aromatic carbocycles. The first-order valence-corrected chi connectivity index (χ1v) is 10.3. The molecule has 0 fully saturated rings. The van der Waals surface area contributed by atoms with Gasteiger partial charge >= 0.3 is 5.97 Å². The second-order valence-corrected chi connectivity index (χ2v) is 8.03. The van der Waals surface area contributed by atoms with Gasteiger partial charge in [-0.2, -0.15) is 0 Å². The maximum absolute atomic E-state index is 14.3. The number of esters is 1. The summed E-state index contributed by atoms with van der Waals surface area (Å²) in [6.07, 6.45) is 0.625. The van der Waals surface area contributed by atoms with E-state index in [2.05, 4.69) is 15.0 Å². The molecule has 0 bridgehead atoms. The number of aromatic amines is 1. The quantitative estimate of drug-likeness (QED) is 0.486. The molecule has 162 valence electrons. The highest BCUT2D eigenvalue weighted by molar-refractivity contribution is 6.05. The van der Waals surface area contributed by atoms with Crippen molar-refractivity contribution in [3.05, 3.63) is 69.9 Å². The Morgan fingerprint density at radius 1 is 1.12 bits per heavy atom. The fraction of sp³-hybridized carbons (Fsp3) is 0.250. The van der Waals surface area contributed by atoms with E-state index in [0.29, 0.717) is 47.5 Å². The van der Waals surface area contributed by atoms with E-state index in [1.807, 2.05) is 13.0 Å². The fourth-order valence-corrected chi connectivity index (χ4v) is 4.26. The normalized spacial score (nSPS) is 13.4. The molecule has 1 N–H and O–H groups in total. The molecule has 0 unspecified atom stereocenters. The Bertz CT molecular complexity index is 1430. The van der Waals surface area contributed by atoms with Crippen molar-refractivity contribution >= 4 is 33.8 Å². The summed E-state index contributed by atoms with van der Waals surface area (Å²) < 4.78 is 19.2. The molecule has 7 nitrogen and oxygen atoms in total. The first-order valence-electron chi connectivity index (χ1n) is 10.3. The van der Waals surface area contributed by atoms with Gasteiger partial charge in [0.1, 0.15) is 11.3 Å². The molecule has 0 saturated carbocycles. The standard InChI is InChI=1S/C24H21FN4O3/c1-12-13(2)27-22-17(9-15(25)10-21(22)26-12)23(30)29-7-6-20-18(11-29)16-8-14(24(31)32-3)4-5-19(16)28-20/h4-5,8-10,28H,6-7,11H2,1-3H3. The summed E-state index contributed by atoms with van der Waals surface area (Å²) in [4.78, 5) is 39.4. The minimum absolute atomic E-state index is 0.203. The Morgan fingerprint density at radius 2 is 1.91 bits per heavy atom. The van der Waals surface area contributed by atoms with Gasteiger partial charge in [0.25, 0.3) is 5.91 Å². The predicted molar refractivity (Wildman–Crippen MR) is 117 cm³/mol. The number of rotatable bonds is 2. The number of H-pyrrole nitrogens is 1. The lowest BCUT2D eigenvalue weighted by Gasteiger charge is -2.27. The average Bonchev–Trinajstić information content (AvgIpc) is 3.15. The summed E-state index contributed by atoms with van der Waals surface area (Å²) in [5.74, 6) is -1.23. The van der Waals surface area contributed by atoms with Crippen LogP contribution in [0.2, 0.25) is 0 Å². The number of nitrogens with one attached hydrogen (secondary N) is 1. The molecule has 0 radical (unpaired) electrons. The lowest BCUT2D eigenvalue weighted by molar-refractivity contribution is 0.0600. The Labute approximate surface area is 183 Å². The van der Waals surface area contributed by atoms with E-state index in [-0.39, 0.29) is 11.5 Å². The number of methoxy groups -OCH3 is 1. The number of hydrogen-bond donors (Lipinski definition) is 1. The average molecular weight is 432 g/mol. The zero-order valence-corrected chi connectivity index (χ0v) is 18.0. The number of benzene rings is 2. The molecule has 1 aliphatic heterocycles. The second kappa shape index (κ2) is 7.40. The van der Waals surface area contributed by atoms with Crippen molar-refractivity contribution in [2.24, 2.45) is 0 Å². The number of aromatic nitrogens is 3. The number of aryl methyl sites for hydroxylation is 2. The zero-order valence-electron chi connectivity index (χ0n) is 18.0. The Kier molecular flexibility index (Phi) is 4.65. The maximum atomic E-state index is 14.3. The van der Waals surface area contributed by atoms with Crippen molar-refractivity contribution in [3.8, 4) is 0 Å². The smallest absolute Gasteiger partial charge is 0.337 e. The molecule has 3 heterocycles. The first-order chi connectivity index (χ1) is 15.4. The number of ether oxygens (including phenoxy) is 1. The number of halogens is 1. The van der Waals surface area contributed by atoms with Gasteiger partial charge in [-0.3, -0.25) is 4.79 Å². The van der Waals surface area contributed by atoms with Crippen molar-refractivity contribution in [3.63, 3.8) is 0 Å². The van der Waals surface area contributed by atoms with Crippen LogP contribution in [0.15, 0.2) is 30.3 Å². The predicted octanol–water partition coefficient (Wildman–Crippen LogP) is 3.85. The van der Waals surface area contributed by atoms with Crippen LogP contribution in [0.1, 0.15) is 43.4 Å². The summed E-state index contributed by atoms with van der Waals surface area (Å²) >= 11 is 0. The van der Waals surface area contributed by atoms with Crippen LogP contribution in [0, 0.1) is 19.7 Å². The van der Waals surface area contributed by atoms with Gasteiger partial charge < -0.3 is 14.6 Å². The fourth-order valence-electron chi connectivity index (χ4n) is 4.26. The maximum Gasteiger partial charge on any atom is 0.337 e. The van der Waals surface area contributed by atoms with Gasteiger partial charge in [-0.15, -0.1) is 0 Å². The van der Waals surface area contributed by atoms with E-state index in [1.165, 1.54) is 19.2 Å². The molecule has 0 atom stereocenters. The molecule has 5 rings (SSSR count). The lowest BCUT2D eigenvalue weighted by Crippen LogP contribution is -2.36. The number of carbonyl (C=O) groups excluding carboxylic acids is 2. The molecule has 0 spiro atoms. The summed E-state index contributed by atoms with van der Waals surface area (Å²) in [5, 5.41) is 0.871. The monoisotopic (exact) mass is 432 g/mol. The van der Waals surface area contributed by atoms with Crippen molar-refractivity contribution in [2.75, 3.05) is 13.7 Å². The van der Waals surface area contributed by atoms with Crippen LogP contribution in [-0.2, 0) is 17.7 Å². The highest BCUT2D eigenvalue weighted by Crippen LogP contribution is 2.30. The van der Waals surface area contributed by atoms with E-state index in [1.54, 1.807) is 24.0 Å². The van der Waals surface area contributed by atoms with Crippen molar-refractivity contribution in [2.45, 2.75) is 26.8 Å². The SMILES string of the molecule is COC(=O)c1ccc2[nH]c3c(c2c1)CN(C(=O)c1cc(F)cc2nc(C)c(C)nc12)CC3. The van der Waals surface area contributed by atoms with Crippen LogP contribution in [-0.4, -0.2) is 45.4 Å². The molecular weight excluding hydrogens is 411 g/mol. The van der Waals surface area contributed by atoms with Crippen LogP contribution < -0.4 is 0 Å². The van der Waals surface area contributed by atoms with E-state index < -0.39 is 11.8 Å². The van der Waals surface area contributed by atoms with Crippen LogP contribution in [0.3, 0.4) is 0 Å². The number of nitrogens with zero attached hydrogens (tertiary/aromatic N) is 3. The first kappa shape index (κ1) is 20.1. The van der Waals surface area contributed by atoms with Crippen LogP contribution in [0.4, 0.5) is 4.39 Å². The van der Waals surface area contributed by atoms with Gasteiger partial charge in [0, 0.05) is 47.7 Å². The van der Waals surface area contributed by atoms with E-state index in [0.717, 1.165) is 22.2 Å². The minimum Gasteiger partial charge on any atom is -0.465 e. The van der Waals surface area contributed by atoms with E-state index >= 15 is 0 Å². The molecule has 1 amide bonds. The van der Waals surface area contributed by atoms with Crippen LogP contribution >= 0.6 is 0 Å². The third-order valence-electron chi connectivity index (χ3n) is 6.06. The molecule has 4 aromatic rings. The molecule has 2 aromatic heterocycles. The summed E-state index contributed by atoms with van der Waals surface area (Å²) in [5.41, 5.74) is 5.68. The van der Waals surface area contributed by atoms with Crippen molar-refractivity contribution in [1.82, 2.24) is 19.9 Å². The van der Waals surface area contributed by atoms with Crippen LogP contribution in [0.5, 0.6) is 0 Å².